The Bertz CT molecular complexity index is 373. The Kier molecular flexibility index (Phi) is 10.7. The summed E-state index contributed by atoms with van der Waals surface area (Å²) in [6, 6.07) is 8.28. The highest BCUT2D eigenvalue weighted by atomic mass is 79.9. The minimum atomic E-state index is 0.0627. The molecule has 0 aliphatic carbocycles. The molecule has 4 nitrogen and oxygen atoms in total. The molecule has 1 aromatic carbocycles. The summed E-state index contributed by atoms with van der Waals surface area (Å²) in [5.74, 6) is 0. The molecule has 21 heavy (non-hydrogen) atoms. The van der Waals surface area contributed by atoms with Crippen LogP contribution in [0.5, 0.6) is 0 Å². The first kappa shape index (κ1) is 18.6. The van der Waals surface area contributed by atoms with E-state index in [2.05, 4.69) is 35.0 Å². The molecule has 0 amide bonds. The molecule has 0 bridgehead atoms. The summed E-state index contributed by atoms with van der Waals surface area (Å²) < 4.78 is 21.5. The quantitative estimate of drug-likeness (QED) is 0.423. The van der Waals surface area contributed by atoms with Gasteiger partial charge in [-0.05, 0) is 18.1 Å². The fourth-order valence-corrected chi connectivity index (χ4v) is 2.41. The molecule has 0 spiro atoms. The van der Waals surface area contributed by atoms with Crippen LogP contribution in [0.15, 0.2) is 24.3 Å². The van der Waals surface area contributed by atoms with Crippen LogP contribution in [-0.2, 0) is 18.9 Å². The summed E-state index contributed by atoms with van der Waals surface area (Å²) in [6.07, 6.45) is 0.0627. The molecule has 0 heterocycles. The van der Waals surface area contributed by atoms with Gasteiger partial charge in [0.15, 0.2) is 0 Å². The molecule has 0 radical (unpaired) electrons. The number of hydrogen-bond donors (Lipinski definition) is 0. The Morgan fingerprint density at radius 3 is 2.19 bits per heavy atom. The summed E-state index contributed by atoms with van der Waals surface area (Å²) in [4.78, 5) is 0. The normalized spacial score (nSPS) is 12.5. The van der Waals surface area contributed by atoms with E-state index in [1.807, 2.05) is 12.1 Å². The molecule has 1 unspecified atom stereocenters. The zero-order chi connectivity index (χ0) is 15.3. The van der Waals surface area contributed by atoms with Crippen molar-refractivity contribution in [3.63, 3.8) is 0 Å². The van der Waals surface area contributed by atoms with E-state index in [0.29, 0.717) is 39.6 Å². The predicted octanol–water partition coefficient (Wildman–Crippen LogP) is 3.13. The summed E-state index contributed by atoms with van der Waals surface area (Å²) in [5, 5.41) is 0.776. The first-order valence-corrected chi connectivity index (χ1v) is 8.29. The lowest BCUT2D eigenvalue weighted by Crippen LogP contribution is -2.14. The van der Waals surface area contributed by atoms with Gasteiger partial charge in [-0.25, -0.2) is 0 Å². The van der Waals surface area contributed by atoms with Gasteiger partial charge in [-0.3, -0.25) is 0 Å². The van der Waals surface area contributed by atoms with E-state index in [0.717, 1.165) is 5.33 Å². The van der Waals surface area contributed by atoms with Crippen LogP contribution < -0.4 is 0 Å². The fraction of sp³-hybridized carbons (Fsp3) is 0.625. The maximum Gasteiger partial charge on any atom is 0.0925 e. The zero-order valence-corrected chi connectivity index (χ0v) is 14.4. The molecule has 0 N–H and O–H groups in total. The average Bonchev–Trinajstić information content (AvgIpc) is 2.50. The number of methoxy groups -OCH3 is 1. The number of halogens is 1. The van der Waals surface area contributed by atoms with Gasteiger partial charge in [0.25, 0.3) is 0 Å². The number of alkyl halides is 1. The lowest BCUT2D eigenvalue weighted by molar-refractivity contribution is -0.0114. The summed E-state index contributed by atoms with van der Waals surface area (Å²) in [7, 11) is 1.66. The van der Waals surface area contributed by atoms with Crippen LogP contribution in [0.1, 0.15) is 17.2 Å². The third-order valence-electron chi connectivity index (χ3n) is 3.03. The highest BCUT2D eigenvalue weighted by molar-refractivity contribution is 9.09. The second-order valence-electron chi connectivity index (χ2n) is 4.59. The Morgan fingerprint density at radius 1 is 0.952 bits per heavy atom. The highest BCUT2D eigenvalue weighted by Crippen LogP contribution is 2.22. The third-order valence-corrected chi connectivity index (χ3v) is 3.61. The average molecular weight is 361 g/mol. The van der Waals surface area contributed by atoms with Gasteiger partial charge in [-0.2, -0.15) is 0 Å². The highest BCUT2D eigenvalue weighted by Gasteiger charge is 2.12. The monoisotopic (exact) mass is 360 g/mol. The largest absolute Gasteiger partial charge is 0.382 e. The van der Waals surface area contributed by atoms with E-state index in [-0.39, 0.29) is 6.10 Å². The van der Waals surface area contributed by atoms with Crippen molar-refractivity contribution in [1.82, 2.24) is 0 Å². The number of ether oxygens (including phenoxy) is 4. The molecular weight excluding hydrogens is 336 g/mol. The van der Waals surface area contributed by atoms with E-state index in [1.54, 1.807) is 7.11 Å². The van der Waals surface area contributed by atoms with Crippen molar-refractivity contribution in [3.05, 3.63) is 35.4 Å². The maximum absolute atomic E-state index is 5.87. The standard InChI is InChI=1S/C16H25BrO4/c1-14-5-3-4-6-15(14)16(13-17)21-12-11-20-10-9-19-8-7-18-2/h3-6,16H,7-13H2,1-2H3. The van der Waals surface area contributed by atoms with E-state index in [9.17, 15) is 0 Å². The summed E-state index contributed by atoms with van der Waals surface area (Å²) in [5.41, 5.74) is 2.46. The Balaban J connectivity index is 2.12. The van der Waals surface area contributed by atoms with E-state index in [4.69, 9.17) is 18.9 Å². The van der Waals surface area contributed by atoms with Gasteiger partial charge < -0.3 is 18.9 Å². The Labute approximate surface area is 135 Å². The molecular formula is C16H25BrO4. The summed E-state index contributed by atoms with van der Waals surface area (Å²) in [6.45, 7) is 5.63. The number of rotatable bonds is 12. The van der Waals surface area contributed by atoms with E-state index in [1.165, 1.54) is 11.1 Å². The Hall–Kier alpha value is -0.460. The Morgan fingerprint density at radius 2 is 1.57 bits per heavy atom. The van der Waals surface area contributed by atoms with Crippen LogP contribution in [0.4, 0.5) is 0 Å². The van der Waals surface area contributed by atoms with E-state index >= 15 is 0 Å². The first-order valence-electron chi connectivity index (χ1n) is 7.17. The first-order chi connectivity index (χ1) is 10.3. The zero-order valence-electron chi connectivity index (χ0n) is 12.8. The molecule has 0 saturated carbocycles. The van der Waals surface area contributed by atoms with Crippen molar-refractivity contribution in [2.24, 2.45) is 0 Å². The van der Waals surface area contributed by atoms with Crippen LogP contribution in [0.25, 0.3) is 0 Å². The van der Waals surface area contributed by atoms with Crippen molar-refractivity contribution in [1.29, 1.82) is 0 Å². The van der Waals surface area contributed by atoms with Crippen molar-refractivity contribution < 1.29 is 18.9 Å². The van der Waals surface area contributed by atoms with Crippen LogP contribution in [-0.4, -0.2) is 52.1 Å². The van der Waals surface area contributed by atoms with Gasteiger partial charge in [0.2, 0.25) is 0 Å². The van der Waals surface area contributed by atoms with Crippen LogP contribution in [0.2, 0.25) is 0 Å². The van der Waals surface area contributed by atoms with Crippen LogP contribution >= 0.6 is 15.9 Å². The van der Waals surface area contributed by atoms with Crippen molar-refractivity contribution in [3.8, 4) is 0 Å². The van der Waals surface area contributed by atoms with E-state index < -0.39 is 0 Å². The molecule has 5 heteroatoms. The molecule has 0 saturated heterocycles. The lowest BCUT2D eigenvalue weighted by Gasteiger charge is -2.18. The molecule has 120 valence electrons. The SMILES string of the molecule is COCCOCCOCCOC(CBr)c1ccccc1C. The van der Waals surface area contributed by atoms with Gasteiger partial charge in [0.1, 0.15) is 0 Å². The molecule has 1 atom stereocenters. The van der Waals surface area contributed by atoms with Gasteiger partial charge in [-0.1, -0.05) is 40.2 Å². The van der Waals surface area contributed by atoms with Crippen molar-refractivity contribution in [2.45, 2.75) is 13.0 Å². The number of aryl methyl sites for hydroxylation is 1. The predicted molar refractivity (Wildman–Crippen MR) is 87.2 cm³/mol. The fourth-order valence-electron chi connectivity index (χ4n) is 1.88. The van der Waals surface area contributed by atoms with Crippen LogP contribution in [0.3, 0.4) is 0 Å². The summed E-state index contributed by atoms with van der Waals surface area (Å²) >= 11 is 3.51. The third kappa shape index (κ3) is 7.93. The molecule has 0 aliphatic rings. The smallest absolute Gasteiger partial charge is 0.0925 e. The number of hydrogen-bond acceptors (Lipinski definition) is 4. The minimum absolute atomic E-state index is 0.0627. The van der Waals surface area contributed by atoms with Crippen molar-refractivity contribution >= 4 is 15.9 Å². The van der Waals surface area contributed by atoms with Gasteiger partial charge >= 0.3 is 0 Å². The van der Waals surface area contributed by atoms with Gasteiger partial charge in [0.05, 0.1) is 45.7 Å². The lowest BCUT2D eigenvalue weighted by atomic mass is 10.0. The molecule has 0 aliphatic heterocycles. The van der Waals surface area contributed by atoms with Gasteiger partial charge in [-0.15, -0.1) is 0 Å². The van der Waals surface area contributed by atoms with Crippen LogP contribution in [0, 0.1) is 6.92 Å². The second kappa shape index (κ2) is 12.1. The molecule has 1 rings (SSSR count). The van der Waals surface area contributed by atoms with Gasteiger partial charge in [0, 0.05) is 12.4 Å². The topological polar surface area (TPSA) is 36.9 Å². The maximum atomic E-state index is 5.87. The molecule has 0 fully saturated rings. The molecule has 0 aromatic heterocycles. The molecule has 1 aromatic rings. The minimum Gasteiger partial charge on any atom is -0.382 e. The number of benzene rings is 1. The second-order valence-corrected chi connectivity index (χ2v) is 5.24. The van der Waals surface area contributed by atoms with Crippen molar-refractivity contribution in [2.75, 3.05) is 52.1 Å².